The molecule has 0 bridgehead atoms. The minimum atomic E-state index is 0.334. The van der Waals surface area contributed by atoms with Gasteiger partial charge in [-0.25, -0.2) is 0 Å². The van der Waals surface area contributed by atoms with Gasteiger partial charge in [-0.1, -0.05) is 13.8 Å². The van der Waals surface area contributed by atoms with Crippen LogP contribution in [0.15, 0.2) is 4.99 Å². The van der Waals surface area contributed by atoms with Crippen molar-refractivity contribution in [2.45, 2.75) is 26.7 Å². The second-order valence-electron chi connectivity index (χ2n) is 2.56. The molecule has 0 rings (SSSR count). The first-order chi connectivity index (χ1) is 5.76. The minimum absolute atomic E-state index is 0.334. The van der Waals surface area contributed by atoms with E-state index in [-0.39, 0.29) is 0 Å². The first kappa shape index (κ1) is 10.8. The Morgan fingerprint density at radius 3 is 2.25 bits per heavy atom. The molecule has 0 saturated heterocycles. The van der Waals surface area contributed by atoms with Crippen LogP contribution >= 0.6 is 0 Å². The van der Waals surface area contributed by atoms with E-state index in [1.807, 2.05) is 4.90 Å². The number of nitriles is 1. The highest BCUT2D eigenvalue weighted by Crippen LogP contribution is 1.93. The molecule has 4 heteroatoms. The van der Waals surface area contributed by atoms with Crippen molar-refractivity contribution in [3.8, 4) is 6.19 Å². The molecular formula is C8H16N4. The van der Waals surface area contributed by atoms with Crippen molar-refractivity contribution < 1.29 is 0 Å². The lowest BCUT2D eigenvalue weighted by Crippen LogP contribution is -2.38. The van der Waals surface area contributed by atoms with Crippen molar-refractivity contribution in [3.05, 3.63) is 0 Å². The van der Waals surface area contributed by atoms with E-state index in [2.05, 4.69) is 18.8 Å². The van der Waals surface area contributed by atoms with Crippen molar-refractivity contribution in [1.82, 2.24) is 4.90 Å². The highest BCUT2D eigenvalue weighted by Gasteiger charge is 2.03. The maximum Gasteiger partial charge on any atom is 0.209 e. The van der Waals surface area contributed by atoms with E-state index in [4.69, 9.17) is 11.0 Å². The van der Waals surface area contributed by atoms with Gasteiger partial charge in [0.2, 0.25) is 12.2 Å². The van der Waals surface area contributed by atoms with Gasteiger partial charge in [0, 0.05) is 13.1 Å². The average Bonchev–Trinajstić information content (AvgIpc) is 2.04. The SMILES string of the molecule is CCCN(CCC)C(N)=NC#N. The molecule has 0 spiro atoms. The predicted molar refractivity (Wildman–Crippen MR) is 49.4 cm³/mol. The Kier molecular flexibility index (Phi) is 5.80. The summed E-state index contributed by atoms with van der Waals surface area (Å²) in [5.41, 5.74) is 5.55. The van der Waals surface area contributed by atoms with Crippen LogP contribution in [0.3, 0.4) is 0 Å². The summed E-state index contributed by atoms with van der Waals surface area (Å²) in [6.07, 6.45) is 3.72. The van der Waals surface area contributed by atoms with Crippen LogP contribution in [0.25, 0.3) is 0 Å². The van der Waals surface area contributed by atoms with Crippen molar-refractivity contribution in [2.75, 3.05) is 13.1 Å². The molecule has 0 aliphatic rings. The number of guanidine groups is 1. The molecule has 0 radical (unpaired) electrons. The van der Waals surface area contributed by atoms with E-state index in [1.54, 1.807) is 6.19 Å². The van der Waals surface area contributed by atoms with Crippen LogP contribution in [-0.4, -0.2) is 23.9 Å². The molecule has 0 atom stereocenters. The number of hydrogen-bond acceptors (Lipinski definition) is 2. The highest BCUT2D eigenvalue weighted by molar-refractivity contribution is 5.78. The van der Waals surface area contributed by atoms with Crippen LogP contribution in [-0.2, 0) is 0 Å². The Morgan fingerprint density at radius 2 is 1.92 bits per heavy atom. The van der Waals surface area contributed by atoms with Crippen LogP contribution < -0.4 is 5.73 Å². The lowest BCUT2D eigenvalue weighted by atomic mass is 10.4. The fraction of sp³-hybridized carbons (Fsp3) is 0.750. The first-order valence-corrected chi connectivity index (χ1v) is 4.23. The molecular weight excluding hydrogens is 152 g/mol. The molecule has 0 aromatic rings. The van der Waals surface area contributed by atoms with Crippen molar-refractivity contribution in [1.29, 1.82) is 5.26 Å². The van der Waals surface area contributed by atoms with Crippen LogP contribution in [0.5, 0.6) is 0 Å². The number of hydrogen-bond donors (Lipinski definition) is 1. The minimum Gasteiger partial charge on any atom is -0.369 e. The molecule has 68 valence electrons. The average molecular weight is 168 g/mol. The monoisotopic (exact) mass is 168 g/mol. The van der Waals surface area contributed by atoms with Crippen molar-refractivity contribution >= 4 is 5.96 Å². The molecule has 12 heavy (non-hydrogen) atoms. The number of rotatable bonds is 4. The quantitative estimate of drug-likeness (QED) is 0.385. The second kappa shape index (κ2) is 6.47. The maximum atomic E-state index is 8.28. The summed E-state index contributed by atoms with van der Waals surface area (Å²) in [5.74, 6) is 0.334. The topological polar surface area (TPSA) is 65.4 Å². The largest absolute Gasteiger partial charge is 0.369 e. The van der Waals surface area contributed by atoms with Gasteiger partial charge in [-0.05, 0) is 12.8 Å². The Morgan fingerprint density at radius 1 is 1.42 bits per heavy atom. The smallest absolute Gasteiger partial charge is 0.209 e. The van der Waals surface area contributed by atoms with Gasteiger partial charge in [0.05, 0.1) is 0 Å². The summed E-state index contributed by atoms with van der Waals surface area (Å²) in [7, 11) is 0. The molecule has 0 aromatic heterocycles. The second-order valence-corrected chi connectivity index (χ2v) is 2.56. The number of nitrogens with two attached hydrogens (primary N) is 1. The zero-order valence-corrected chi connectivity index (χ0v) is 7.75. The molecule has 4 nitrogen and oxygen atoms in total. The summed E-state index contributed by atoms with van der Waals surface area (Å²) in [4.78, 5) is 5.41. The molecule has 0 fully saturated rings. The normalized spacial score (nSPS) is 10.9. The Bertz CT molecular complexity index is 174. The van der Waals surface area contributed by atoms with Crippen molar-refractivity contribution in [3.63, 3.8) is 0 Å². The third kappa shape index (κ3) is 3.81. The summed E-state index contributed by atoms with van der Waals surface area (Å²) in [6.45, 7) is 5.88. The van der Waals surface area contributed by atoms with Gasteiger partial charge in [0.25, 0.3) is 0 Å². The number of nitrogens with zero attached hydrogens (tertiary/aromatic N) is 3. The molecule has 2 N–H and O–H groups in total. The lowest BCUT2D eigenvalue weighted by Gasteiger charge is -2.20. The van der Waals surface area contributed by atoms with Gasteiger partial charge in [-0.3, -0.25) is 0 Å². The number of aliphatic imine (C=N–C) groups is 1. The zero-order valence-electron chi connectivity index (χ0n) is 7.75. The van der Waals surface area contributed by atoms with E-state index in [9.17, 15) is 0 Å². The predicted octanol–water partition coefficient (Wildman–Crippen LogP) is 0.904. The summed E-state index contributed by atoms with van der Waals surface area (Å²) in [6, 6.07) is 0. The molecule has 0 amide bonds. The first-order valence-electron chi connectivity index (χ1n) is 4.23. The van der Waals surface area contributed by atoms with E-state index < -0.39 is 0 Å². The highest BCUT2D eigenvalue weighted by atomic mass is 15.2. The van der Waals surface area contributed by atoms with E-state index in [0.29, 0.717) is 5.96 Å². The van der Waals surface area contributed by atoms with Gasteiger partial charge < -0.3 is 10.6 Å². The van der Waals surface area contributed by atoms with E-state index in [0.717, 1.165) is 25.9 Å². The third-order valence-electron chi connectivity index (χ3n) is 1.48. The molecule has 0 saturated carbocycles. The maximum absolute atomic E-state index is 8.28. The molecule has 0 aliphatic carbocycles. The summed E-state index contributed by atoms with van der Waals surface area (Å²) < 4.78 is 0. The summed E-state index contributed by atoms with van der Waals surface area (Å²) in [5, 5.41) is 8.28. The van der Waals surface area contributed by atoms with Crippen molar-refractivity contribution in [2.24, 2.45) is 10.7 Å². The van der Waals surface area contributed by atoms with Crippen LogP contribution in [0.1, 0.15) is 26.7 Å². The molecule has 0 unspecified atom stereocenters. The van der Waals surface area contributed by atoms with Gasteiger partial charge in [-0.15, -0.1) is 4.99 Å². The lowest BCUT2D eigenvalue weighted by molar-refractivity contribution is 0.412. The van der Waals surface area contributed by atoms with E-state index >= 15 is 0 Å². The van der Waals surface area contributed by atoms with Gasteiger partial charge >= 0.3 is 0 Å². The van der Waals surface area contributed by atoms with Gasteiger partial charge in [-0.2, -0.15) is 5.26 Å². The Balaban J connectivity index is 4.10. The van der Waals surface area contributed by atoms with E-state index in [1.165, 1.54) is 0 Å². The van der Waals surface area contributed by atoms with Crippen LogP contribution in [0.4, 0.5) is 0 Å². The fourth-order valence-electron chi connectivity index (χ4n) is 1.00. The molecule has 0 heterocycles. The van der Waals surface area contributed by atoms with Crippen LogP contribution in [0, 0.1) is 11.5 Å². The van der Waals surface area contributed by atoms with Gasteiger partial charge in [0.1, 0.15) is 0 Å². The third-order valence-corrected chi connectivity index (χ3v) is 1.48. The van der Waals surface area contributed by atoms with Crippen LogP contribution in [0.2, 0.25) is 0 Å². The molecule has 0 aliphatic heterocycles. The molecule has 0 aromatic carbocycles. The van der Waals surface area contributed by atoms with Gasteiger partial charge in [0.15, 0.2) is 0 Å². The summed E-state index contributed by atoms with van der Waals surface area (Å²) >= 11 is 0. The standard InChI is InChI=1S/C8H16N4/c1-3-5-12(6-4-2)8(10)11-7-9/h3-6H2,1-2H3,(H2,10,11). The zero-order chi connectivity index (χ0) is 9.40. The fourth-order valence-corrected chi connectivity index (χ4v) is 1.00. The Labute approximate surface area is 73.7 Å². The Hall–Kier alpha value is -1.24.